The number of H-pyrrole nitrogens is 1. The van der Waals surface area contributed by atoms with Crippen LogP contribution >= 0.6 is 11.6 Å². The number of pyridine rings is 1. The van der Waals surface area contributed by atoms with Gasteiger partial charge in [-0.15, -0.1) is 0 Å². The molecule has 2 heterocycles. The van der Waals surface area contributed by atoms with Crippen LogP contribution in [0.5, 0.6) is 0 Å². The van der Waals surface area contributed by atoms with Crippen LogP contribution in [-0.2, 0) is 10.0 Å². The third-order valence-electron chi connectivity index (χ3n) is 4.74. The lowest BCUT2D eigenvalue weighted by atomic mass is 9.95. The number of nitrogens with one attached hydrogen (secondary N) is 2. The minimum atomic E-state index is -3.56. The van der Waals surface area contributed by atoms with Gasteiger partial charge in [-0.05, 0) is 54.1 Å². The Hall–Kier alpha value is -2.71. The highest BCUT2D eigenvalue weighted by Crippen LogP contribution is 2.40. The Balaban J connectivity index is 1.90. The molecule has 4 aromatic rings. The molecule has 0 amide bonds. The molecule has 29 heavy (non-hydrogen) atoms. The van der Waals surface area contributed by atoms with E-state index in [2.05, 4.69) is 19.9 Å². The van der Waals surface area contributed by atoms with Gasteiger partial charge in [0.05, 0.1) is 22.7 Å². The summed E-state index contributed by atoms with van der Waals surface area (Å²) in [6, 6.07) is 6.28. The first-order chi connectivity index (χ1) is 13.8. The van der Waals surface area contributed by atoms with E-state index in [9.17, 15) is 12.8 Å². The number of rotatable bonds is 5. The molecule has 2 aromatic heterocycles. The molecule has 150 valence electrons. The van der Waals surface area contributed by atoms with Crippen molar-refractivity contribution in [3.05, 3.63) is 53.1 Å². The number of benzene rings is 2. The summed E-state index contributed by atoms with van der Waals surface area (Å²) >= 11 is 6.46. The largest absolute Gasteiger partial charge is 0.282 e. The number of sulfonamides is 1. The fraction of sp³-hybridized carbons (Fsp3) is 0.200. The minimum absolute atomic E-state index is 0.0180. The first-order valence-electron chi connectivity index (χ1n) is 9.02. The predicted molar refractivity (Wildman–Crippen MR) is 114 cm³/mol. The van der Waals surface area contributed by atoms with Gasteiger partial charge in [0.25, 0.3) is 0 Å². The molecule has 0 spiro atoms. The topological polar surface area (TPSA) is 87.7 Å². The third-order valence-corrected chi connectivity index (χ3v) is 6.61. The fourth-order valence-corrected chi connectivity index (χ4v) is 4.91. The molecule has 2 N–H and O–H groups in total. The molecular formula is C20H18ClFN4O2S. The normalized spacial score (nSPS) is 12.0. The molecule has 2 aromatic carbocycles. The summed E-state index contributed by atoms with van der Waals surface area (Å²) in [4.78, 5) is 4.33. The summed E-state index contributed by atoms with van der Waals surface area (Å²) < 4.78 is 41.5. The Kier molecular flexibility index (Phi) is 4.92. The zero-order valence-electron chi connectivity index (χ0n) is 15.8. The number of aryl methyl sites for hydroxylation is 1. The van der Waals surface area contributed by atoms with Crippen molar-refractivity contribution in [1.29, 1.82) is 0 Å². The predicted octanol–water partition coefficient (Wildman–Crippen LogP) is 5.03. The van der Waals surface area contributed by atoms with Crippen molar-refractivity contribution in [3.63, 3.8) is 0 Å². The molecule has 0 aliphatic carbocycles. The lowest BCUT2D eigenvalue weighted by molar-refractivity contribution is 0.599. The first-order valence-corrected chi connectivity index (χ1v) is 11.0. The third kappa shape index (κ3) is 3.54. The van der Waals surface area contributed by atoms with Gasteiger partial charge in [0.15, 0.2) is 5.65 Å². The summed E-state index contributed by atoms with van der Waals surface area (Å²) in [5, 5.41) is 9.46. The van der Waals surface area contributed by atoms with Crippen LogP contribution in [0.3, 0.4) is 0 Å². The van der Waals surface area contributed by atoms with Gasteiger partial charge in [0.2, 0.25) is 10.0 Å². The van der Waals surface area contributed by atoms with Crippen LogP contribution in [0.4, 0.5) is 10.1 Å². The Labute approximate surface area is 172 Å². The summed E-state index contributed by atoms with van der Waals surface area (Å²) in [5.74, 6) is -0.578. The number of halogens is 2. The van der Waals surface area contributed by atoms with Crippen molar-refractivity contribution < 1.29 is 12.8 Å². The van der Waals surface area contributed by atoms with Crippen LogP contribution in [0.15, 0.2) is 36.7 Å². The van der Waals surface area contributed by atoms with Gasteiger partial charge >= 0.3 is 0 Å². The second-order valence-electron chi connectivity index (χ2n) is 6.85. The smallest absolute Gasteiger partial charge is 0.232 e. The monoisotopic (exact) mass is 432 g/mol. The van der Waals surface area contributed by atoms with Gasteiger partial charge in [0.1, 0.15) is 5.82 Å². The van der Waals surface area contributed by atoms with E-state index < -0.39 is 15.8 Å². The van der Waals surface area contributed by atoms with Gasteiger partial charge in [-0.1, -0.05) is 18.5 Å². The van der Waals surface area contributed by atoms with E-state index in [0.29, 0.717) is 17.6 Å². The first kappa shape index (κ1) is 19.6. The van der Waals surface area contributed by atoms with E-state index >= 15 is 0 Å². The summed E-state index contributed by atoms with van der Waals surface area (Å²) in [5.41, 5.74) is 2.33. The van der Waals surface area contributed by atoms with Crippen LogP contribution in [0.2, 0.25) is 5.02 Å². The molecule has 0 unspecified atom stereocenters. The van der Waals surface area contributed by atoms with Gasteiger partial charge in [0, 0.05) is 22.5 Å². The van der Waals surface area contributed by atoms with Crippen molar-refractivity contribution in [3.8, 4) is 11.1 Å². The molecule has 0 saturated heterocycles. The lowest BCUT2D eigenvalue weighted by Crippen LogP contribution is -2.16. The van der Waals surface area contributed by atoms with Crippen LogP contribution in [0.25, 0.3) is 32.9 Å². The van der Waals surface area contributed by atoms with Gasteiger partial charge in [-0.3, -0.25) is 9.82 Å². The Morgan fingerprint density at radius 1 is 1.21 bits per heavy atom. The molecule has 0 radical (unpaired) electrons. The van der Waals surface area contributed by atoms with E-state index in [-0.39, 0.29) is 22.0 Å². The Morgan fingerprint density at radius 2 is 2.00 bits per heavy atom. The zero-order chi connectivity index (χ0) is 20.8. The van der Waals surface area contributed by atoms with E-state index in [4.69, 9.17) is 11.6 Å². The van der Waals surface area contributed by atoms with Crippen LogP contribution < -0.4 is 4.72 Å². The number of nitrogens with zero attached hydrogens (tertiary/aromatic N) is 2. The molecule has 0 aliphatic heterocycles. The highest BCUT2D eigenvalue weighted by Gasteiger charge is 2.20. The minimum Gasteiger partial charge on any atom is -0.282 e. The molecule has 0 saturated carbocycles. The van der Waals surface area contributed by atoms with Crippen molar-refractivity contribution in [2.24, 2.45) is 0 Å². The quantitative estimate of drug-likeness (QED) is 0.463. The van der Waals surface area contributed by atoms with E-state index in [1.165, 1.54) is 12.1 Å². The number of anilines is 1. The maximum atomic E-state index is 14.8. The molecule has 0 aliphatic rings. The molecule has 0 atom stereocenters. The molecule has 9 heteroatoms. The van der Waals surface area contributed by atoms with Crippen molar-refractivity contribution in [2.45, 2.75) is 20.3 Å². The van der Waals surface area contributed by atoms with Crippen molar-refractivity contribution in [2.75, 3.05) is 10.5 Å². The summed E-state index contributed by atoms with van der Waals surface area (Å²) in [6.45, 7) is 3.62. The average Bonchev–Trinajstić information content (AvgIpc) is 3.14. The van der Waals surface area contributed by atoms with Crippen LogP contribution in [0.1, 0.15) is 18.9 Å². The van der Waals surface area contributed by atoms with Crippen LogP contribution in [-0.4, -0.2) is 29.4 Å². The molecular weight excluding hydrogens is 415 g/mol. The van der Waals surface area contributed by atoms with E-state index in [0.717, 1.165) is 21.7 Å². The fourth-order valence-electron chi connectivity index (χ4n) is 3.41. The molecule has 4 rings (SSSR count). The molecule has 6 nitrogen and oxygen atoms in total. The second kappa shape index (κ2) is 7.27. The van der Waals surface area contributed by atoms with Crippen molar-refractivity contribution in [1.82, 2.24) is 15.2 Å². The van der Waals surface area contributed by atoms with E-state index in [1.54, 1.807) is 25.4 Å². The summed E-state index contributed by atoms with van der Waals surface area (Å²) in [6.07, 6.45) is 3.83. The lowest BCUT2D eigenvalue weighted by Gasteiger charge is -2.15. The van der Waals surface area contributed by atoms with Gasteiger partial charge in [-0.2, -0.15) is 5.10 Å². The SMILES string of the molecule is CCCS(=O)(=O)Nc1ccc(F)c(-c2cc3cnc4[nH]ncc4c3cc2C)c1Cl. The Morgan fingerprint density at radius 3 is 2.76 bits per heavy atom. The summed E-state index contributed by atoms with van der Waals surface area (Å²) in [7, 11) is -3.56. The maximum Gasteiger partial charge on any atom is 0.232 e. The van der Waals surface area contributed by atoms with Gasteiger partial charge in [-0.25, -0.2) is 17.8 Å². The van der Waals surface area contributed by atoms with Crippen LogP contribution in [0, 0.1) is 12.7 Å². The molecule has 0 bridgehead atoms. The molecule has 0 fully saturated rings. The van der Waals surface area contributed by atoms with E-state index in [1.807, 2.05) is 13.0 Å². The average molecular weight is 433 g/mol. The maximum absolute atomic E-state index is 14.8. The van der Waals surface area contributed by atoms with Crippen molar-refractivity contribution >= 4 is 49.1 Å². The Bertz CT molecular complexity index is 1350. The number of aromatic nitrogens is 3. The number of aromatic amines is 1. The zero-order valence-corrected chi connectivity index (χ0v) is 17.3. The highest BCUT2D eigenvalue weighted by molar-refractivity contribution is 7.92. The number of fused-ring (bicyclic) bond motifs is 3. The standard InChI is InChI=1S/C20H18ClFN4O2S/c1-3-6-29(27,28)26-17-5-4-16(22)18(19(17)21)13-8-12-9-23-20-15(10-24-25-20)14(12)7-11(13)2/h4-5,7-10,26H,3,6H2,1-2H3,(H,23,24,25). The van der Waals surface area contributed by atoms with Gasteiger partial charge < -0.3 is 0 Å². The second-order valence-corrected chi connectivity index (χ2v) is 9.07. The highest BCUT2D eigenvalue weighted by atomic mass is 35.5. The number of hydrogen-bond acceptors (Lipinski definition) is 4. The number of hydrogen-bond donors (Lipinski definition) is 2.